The maximum absolute atomic E-state index is 12.7. The van der Waals surface area contributed by atoms with Gasteiger partial charge in [-0.1, -0.05) is 31.6 Å². The van der Waals surface area contributed by atoms with Crippen LogP contribution >= 0.6 is 10.2 Å². The molecular weight excluding hydrogens is 341 g/mol. The van der Waals surface area contributed by atoms with Gasteiger partial charge < -0.3 is 15.5 Å². The number of aromatic nitrogens is 2. The van der Waals surface area contributed by atoms with Crippen LogP contribution in [0.15, 0.2) is 35.4 Å². The molecule has 1 fully saturated rings. The SMILES string of the molecule is NC1(Cc2nc(-c3ccc(S(F)(F)(F)(F)F)cc3)c[nH]2)COC1. The highest BCUT2D eigenvalue weighted by Crippen LogP contribution is 3.02. The summed E-state index contributed by atoms with van der Waals surface area (Å²) >= 11 is 0. The van der Waals surface area contributed by atoms with E-state index in [0.717, 1.165) is 12.1 Å². The summed E-state index contributed by atoms with van der Waals surface area (Å²) in [6.07, 6.45) is 1.92. The van der Waals surface area contributed by atoms with Crippen molar-refractivity contribution in [2.24, 2.45) is 5.73 Å². The summed E-state index contributed by atoms with van der Waals surface area (Å²) in [5, 5.41) is 0. The van der Waals surface area contributed by atoms with Gasteiger partial charge in [0.15, 0.2) is 0 Å². The van der Waals surface area contributed by atoms with Crippen molar-refractivity contribution in [3.05, 3.63) is 36.3 Å². The molecule has 23 heavy (non-hydrogen) atoms. The lowest BCUT2D eigenvalue weighted by atomic mass is 9.94. The Morgan fingerprint density at radius 3 is 2.22 bits per heavy atom. The van der Waals surface area contributed by atoms with Gasteiger partial charge in [-0.3, -0.25) is 0 Å². The molecule has 0 aliphatic carbocycles. The smallest absolute Gasteiger partial charge is 0.310 e. The summed E-state index contributed by atoms with van der Waals surface area (Å²) in [7, 11) is -9.65. The van der Waals surface area contributed by atoms with Crippen molar-refractivity contribution in [3.8, 4) is 11.3 Å². The van der Waals surface area contributed by atoms with Crippen LogP contribution in [0.25, 0.3) is 11.3 Å². The van der Waals surface area contributed by atoms with Gasteiger partial charge in [0.2, 0.25) is 0 Å². The molecule has 1 saturated heterocycles. The number of hydrogen-bond donors (Lipinski definition) is 2. The van der Waals surface area contributed by atoms with E-state index in [1.807, 2.05) is 0 Å². The highest BCUT2D eigenvalue weighted by atomic mass is 32.5. The summed E-state index contributed by atoms with van der Waals surface area (Å²) in [5.74, 6) is 0.558. The van der Waals surface area contributed by atoms with E-state index in [2.05, 4.69) is 9.97 Å². The number of nitrogens with two attached hydrogens (primary N) is 1. The Bertz CT molecular complexity index is 737. The molecule has 0 radical (unpaired) electrons. The van der Waals surface area contributed by atoms with Gasteiger partial charge >= 0.3 is 10.2 Å². The Hall–Kier alpha value is -1.65. The van der Waals surface area contributed by atoms with Crippen LogP contribution in [0.4, 0.5) is 19.4 Å². The van der Waals surface area contributed by atoms with E-state index in [4.69, 9.17) is 10.5 Å². The van der Waals surface area contributed by atoms with Crippen LogP contribution in [0.3, 0.4) is 0 Å². The monoisotopic (exact) mass is 355 g/mol. The van der Waals surface area contributed by atoms with E-state index >= 15 is 0 Å². The Labute approximate surface area is 128 Å². The molecule has 1 aromatic heterocycles. The molecule has 0 saturated carbocycles. The van der Waals surface area contributed by atoms with Crippen molar-refractivity contribution in [3.63, 3.8) is 0 Å². The van der Waals surface area contributed by atoms with Crippen LogP contribution in [0.5, 0.6) is 0 Å². The zero-order valence-corrected chi connectivity index (χ0v) is 12.6. The Kier molecular flexibility index (Phi) is 3.00. The predicted molar refractivity (Wildman–Crippen MR) is 76.9 cm³/mol. The number of benzene rings is 1. The average molecular weight is 355 g/mol. The van der Waals surface area contributed by atoms with E-state index in [1.165, 1.54) is 6.20 Å². The summed E-state index contributed by atoms with van der Waals surface area (Å²) in [4.78, 5) is 5.18. The Morgan fingerprint density at radius 2 is 1.74 bits per heavy atom. The number of hydrogen-bond acceptors (Lipinski definition) is 3. The largest absolute Gasteiger partial charge is 0.377 e. The van der Waals surface area contributed by atoms with Crippen LogP contribution in [-0.4, -0.2) is 28.7 Å². The molecule has 10 heteroatoms. The minimum Gasteiger partial charge on any atom is -0.377 e. The number of halogens is 5. The molecule has 128 valence electrons. The van der Waals surface area contributed by atoms with E-state index in [0.29, 0.717) is 48.8 Å². The average Bonchev–Trinajstić information content (AvgIpc) is 2.83. The molecule has 2 heterocycles. The van der Waals surface area contributed by atoms with Crippen molar-refractivity contribution in [1.82, 2.24) is 9.97 Å². The fraction of sp³-hybridized carbons (Fsp3) is 0.308. The molecule has 4 nitrogen and oxygen atoms in total. The molecule has 3 N–H and O–H groups in total. The first kappa shape index (κ1) is 16.2. The van der Waals surface area contributed by atoms with Gasteiger partial charge in [-0.15, -0.1) is 0 Å². The van der Waals surface area contributed by atoms with Gasteiger partial charge in [-0.2, -0.15) is 0 Å². The second kappa shape index (κ2) is 4.25. The molecule has 1 aromatic carbocycles. The molecule has 2 aromatic rings. The molecule has 0 atom stereocenters. The first-order valence-electron chi connectivity index (χ1n) is 6.60. The van der Waals surface area contributed by atoms with Gasteiger partial charge in [-0.05, 0) is 12.1 Å². The standard InChI is InChI=1S/C13H14F5N3OS/c14-23(15,16,17,18)10-3-1-9(2-4-10)11-6-20-12(21-11)5-13(19)7-22-8-13/h1-4,6H,5,7-8,19H2,(H,20,21). The third-order valence-corrected chi connectivity index (χ3v) is 4.69. The van der Waals surface area contributed by atoms with Crippen molar-refractivity contribution in [1.29, 1.82) is 0 Å². The number of rotatable bonds is 4. The third-order valence-electron chi connectivity index (χ3n) is 3.52. The zero-order valence-electron chi connectivity index (χ0n) is 11.7. The lowest BCUT2D eigenvalue weighted by molar-refractivity contribution is -0.0537. The summed E-state index contributed by atoms with van der Waals surface area (Å²) < 4.78 is 68.4. The Morgan fingerprint density at radius 1 is 1.13 bits per heavy atom. The molecule has 0 amide bonds. The van der Waals surface area contributed by atoms with E-state index in [1.54, 1.807) is 0 Å². The fourth-order valence-corrected chi connectivity index (χ4v) is 2.93. The minimum absolute atomic E-state index is 0.300. The maximum Gasteiger partial charge on any atom is 0.310 e. The quantitative estimate of drug-likeness (QED) is 0.815. The highest BCUT2D eigenvalue weighted by Gasteiger charge is 2.65. The lowest BCUT2D eigenvalue weighted by Gasteiger charge is -2.40. The number of aromatic amines is 1. The van der Waals surface area contributed by atoms with Gasteiger partial charge in [-0.25, -0.2) is 4.98 Å². The van der Waals surface area contributed by atoms with Crippen LogP contribution in [0.1, 0.15) is 5.82 Å². The summed E-state index contributed by atoms with van der Waals surface area (Å²) in [6.45, 7) is 0.809. The van der Waals surface area contributed by atoms with Gasteiger partial charge in [0.25, 0.3) is 0 Å². The van der Waals surface area contributed by atoms with Crippen LogP contribution in [0.2, 0.25) is 0 Å². The van der Waals surface area contributed by atoms with E-state index in [9.17, 15) is 19.4 Å². The number of nitrogens with one attached hydrogen (secondary N) is 1. The van der Waals surface area contributed by atoms with Crippen LogP contribution < -0.4 is 5.73 Å². The second-order valence-corrected chi connectivity index (χ2v) is 8.17. The summed E-state index contributed by atoms with van der Waals surface area (Å²) in [5.41, 5.74) is 6.15. The third kappa shape index (κ3) is 3.48. The molecule has 3 rings (SSSR count). The Balaban J connectivity index is 1.82. The van der Waals surface area contributed by atoms with Gasteiger partial charge in [0.05, 0.1) is 24.4 Å². The molecule has 1 aliphatic heterocycles. The number of H-pyrrole nitrogens is 1. The maximum atomic E-state index is 12.7. The molecular formula is C13H14F5N3OS. The van der Waals surface area contributed by atoms with Crippen molar-refractivity contribution < 1.29 is 24.2 Å². The second-order valence-electron chi connectivity index (χ2n) is 5.76. The van der Waals surface area contributed by atoms with Crippen molar-refractivity contribution in [2.75, 3.05) is 13.2 Å². The van der Waals surface area contributed by atoms with Gasteiger partial charge in [0, 0.05) is 18.2 Å². The number of nitrogens with zero attached hydrogens (tertiary/aromatic N) is 1. The lowest BCUT2D eigenvalue weighted by Crippen LogP contribution is -2.59. The fourth-order valence-electron chi connectivity index (χ4n) is 2.28. The molecule has 0 unspecified atom stereocenters. The topological polar surface area (TPSA) is 63.9 Å². The van der Waals surface area contributed by atoms with Crippen LogP contribution in [-0.2, 0) is 11.2 Å². The van der Waals surface area contributed by atoms with Crippen molar-refractivity contribution >= 4 is 10.2 Å². The molecule has 0 bridgehead atoms. The summed E-state index contributed by atoms with van der Waals surface area (Å²) in [6, 6.07) is 2.68. The minimum atomic E-state index is -9.65. The normalized spacial score (nSPS) is 20.4. The zero-order chi connectivity index (χ0) is 17.0. The first-order chi connectivity index (χ1) is 10.3. The number of ether oxygens (including phenoxy) is 1. The first-order valence-corrected chi connectivity index (χ1v) is 8.55. The van der Waals surface area contributed by atoms with Crippen LogP contribution in [0, 0.1) is 0 Å². The molecule has 0 spiro atoms. The van der Waals surface area contributed by atoms with Gasteiger partial charge in [0.1, 0.15) is 10.7 Å². The highest BCUT2D eigenvalue weighted by molar-refractivity contribution is 8.45. The van der Waals surface area contributed by atoms with E-state index < -0.39 is 20.7 Å². The number of imidazole rings is 1. The predicted octanol–water partition coefficient (Wildman–Crippen LogP) is 4.00. The molecule has 1 aliphatic rings. The van der Waals surface area contributed by atoms with Crippen molar-refractivity contribution in [2.45, 2.75) is 16.9 Å². The van der Waals surface area contributed by atoms with E-state index in [-0.39, 0.29) is 0 Å².